The van der Waals surface area contributed by atoms with E-state index in [1.54, 1.807) is 25.1 Å². The van der Waals surface area contributed by atoms with Crippen LogP contribution in [0, 0.1) is 13.8 Å². The lowest BCUT2D eigenvalue weighted by atomic mass is 10.2. The summed E-state index contributed by atoms with van der Waals surface area (Å²) in [4.78, 5) is 8.04. The summed E-state index contributed by atoms with van der Waals surface area (Å²) < 4.78 is 5.59. The third-order valence-electron chi connectivity index (χ3n) is 2.32. The number of nitrogens with zero attached hydrogens (tertiary/aromatic N) is 2. The monoisotopic (exact) mass is 283 g/mol. The van der Waals surface area contributed by atoms with Gasteiger partial charge in [0.2, 0.25) is 5.88 Å². The molecule has 0 aliphatic heterocycles. The number of hydrogen-bond acceptors (Lipinski definition) is 4. The Balaban J connectivity index is 2.36. The molecule has 0 fully saturated rings. The lowest BCUT2D eigenvalue weighted by molar-refractivity contribution is 0.462. The number of hydrogen-bond donors (Lipinski definition) is 1. The number of aromatic nitrogens is 2. The van der Waals surface area contributed by atoms with Gasteiger partial charge in [-0.15, -0.1) is 0 Å². The maximum absolute atomic E-state index is 5.94. The summed E-state index contributed by atoms with van der Waals surface area (Å²) in [5, 5.41) is 0.857. The molecule has 0 radical (unpaired) electrons. The highest BCUT2D eigenvalue weighted by atomic mass is 35.5. The minimum Gasteiger partial charge on any atom is -0.437 e. The van der Waals surface area contributed by atoms with Crippen molar-refractivity contribution < 1.29 is 4.74 Å². The fraction of sp³-hybridized carbons (Fsp3) is 0.167. The van der Waals surface area contributed by atoms with E-state index in [9.17, 15) is 0 Å². The molecule has 2 N–H and O–H groups in total. The first-order valence-electron chi connectivity index (χ1n) is 5.21. The quantitative estimate of drug-likeness (QED) is 0.852. The smallest absolute Gasteiger partial charge is 0.247 e. The van der Waals surface area contributed by atoms with Crippen LogP contribution in [0.5, 0.6) is 11.6 Å². The molecule has 2 aromatic rings. The Labute approximate surface area is 115 Å². The third kappa shape index (κ3) is 2.66. The molecule has 0 unspecified atom stereocenters. The second-order valence-corrected chi connectivity index (χ2v) is 4.56. The van der Waals surface area contributed by atoms with Crippen LogP contribution in [-0.2, 0) is 0 Å². The molecule has 0 saturated carbocycles. The number of ether oxygens (including phenoxy) is 1. The van der Waals surface area contributed by atoms with Crippen LogP contribution < -0.4 is 10.5 Å². The zero-order chi connectivity index (χ0) is 13.3. The molecule has 1 aromatic heterocycles. The van der Waals surface area contributed by atoms with E-state index in [0.29, 0.717) is 16.6 Å². The molecule has 18 heavy (non-hydrogen) atoms. The van der Waals surface area contributed by atoms with E-state index in [4.69, 9.17) is 33.7 Å². The van der Waals surface area contributed by atoms with Crippen LogP contribution in [0.3, 0.4) is 0 Å². The summed E-state index contributed by atoms with van der Waals surface area (Å²) in [6, 6.07) is 5.28. The van der Waals surface area contributed by atoms with Gasteiger partial charge < -0.3 is 10.5 Å². The highest BCUT2D eigenvalue weighted by Gasteiger charge is 2.11. The van der Waals surface area contributed by atoms with Crippen LogP contribution in [-0.4, -0.2) is 9.97 Å². The molecule has 2 rings (SSSR count). The molecule has 0 bridgehead atoms. The lowest BCUT2D eigenvalue weighted by Gasteiger charge is -2.09. The number of nitrogen functional groups attached to an aromatic ring is 1. The fourth-order valence-electron chi connectivity index (χ4n) is 1.39. The van der Waals surface area contributed by atoms with Crippen LogP contribution in [0.4, 0.5) is 5.69 Å². The number of anilines is 1. The number of aryl methyl sites for hydroxylation is 2. The average molecular weight is 284 g/mol. The van der Waals surface area contributed by atoms with Gasteiger partial charge in [-0.1, -0.05) is 23.2 Å². The van der Waals surface area contributed by atoms with Crippen molar-refractivity contribution in [2.45, 2.75) is 13.8 Å². The Bertz CT molecular complexity index is 602. The van der Waals surface area contributed by atoms with Gasteiger partial charge in [0.05, 0.1) is 0 Å². The molecule has 0 saturated heterocycles. The molecule has 0 amide bonds. The molecule has 0 aliphatic carbocycles. The van der Waals surface area contributed by atoms with E-state index in [1.165, 1.54) is 0 Å². The van der Waals surface area contributed by atoms with Crippen LogP contribution >= 0.6 is 23.2 Å². The van der Waals surface area contributed by atoms with Crippen molar-refractivity contribution in [2.24, 2.45) is 0 Å². The van der Waals surface area contributed by atoms with Crippen molar-refractivity contribution >= 4 is 28.9 Å². The second kappa shape index (κ2) is 5.00. The van der Waals surface area contributed by atoms with E-state index < -0.39 is 0 Å². The van der Waals surface area contributed by atoms with Gasteiger partial charge in [0.1, 0.15) is 17.3 Å². The normalized spacial score (nSPS) is 10.4. The molecule has 0 spiro atoms. The largest absolute Gasteiger partial charge is 0.437 e. The predicted octanol–water partition coefficient (Wildman–Crippen LogP) is 3.77. The number of nitrogens with two attached hydrogens (primary N) is 1. The van der Waals surface area contributed by atoms with Crippen LogP contribution in [0.2, 0.25) is 10.2 Å². The first kappa shape index (κ1) is 12.9. The first-order chi connectivity index (χ1) is 8.47. The lowest BCUT2D eigenvalue weighted by Crippen LogP contribution is -2.00. The fourth-order valence-corrected chi connectivity index (χ4v) is 1.71. The Morgan fingerprint density at radius 1 is 1.17 bits per heavy atom. The molecule has 1 heterocycles. The summed E-state index contributed by atoms with van der Waals surface area (Å²) in [6.07, 6.45) is 0. The minimum atomic E-state index is 0.184. The minimum absolute atomic E-state index is 0.184. The Morgan fingerprint density at radius 3 is 2.56 bits per heavy atom. The molecule has 6 heteroatoms. The van der Waals surface area contributed by atoms with E-state index >= 15 is 0 Å². The maximum atomic E-state index is 5.94. The topological polar surface area (TPSA) is 61.0 Å². The van der Waals surface area contributed by atoms with Gasteiger partial charge in [0.25, 0.3) is 0 Å². The van der Waals surface area contributed by atoms with Gasteiger partial charge in [0.15, 0.2) is 5.15 Å². The van der Waals surface area contributed by atoms with Gasteiger partial charge in [-0.05, 0) is 37.6 Å². The van der Waals surface area contributed by atoms with Gasteiger partial charge in [-0.2, -0.15) is 4.98 Å². The summed E-state index contributed by atoms with van der Waals surface area (Å²) >= 11 is 11.8. The molecule has 0 aliphatic rings. The molecular weight excluding hydrogens is 273 g/mol. The summed E-state index contributed by atoms with van der Waals surface area (Å²) in [7, 11) is 0. The number of rotatable bonds is 2. The van der Waals surface area contributed by atoms with E-state index in [2.05, 4.69) is 9.97 Å². The summed E-state index contributed by atoms with van der Waals surface area (Å²) in [5.74, 6) is 1.34. The van der Waals surface area contributed by atoms with Crippen molar-refractivity contribution in [1.29, 1.82) is 0 Å². The van der Waals surface area contributed by atoms with Crippen molar-refractivity contribution in [3.8, 4) is 11.6 Å². The highest BCUT2D eigenvalue weighted by Crippen LogP contribution is 2.31. The third-order valence-corrected chi connectivity index (χ3v) is 3.03. The van der Waals surface area contributed by atoms with Crippen LogP contribution in [0.15, 0.2) is 18.2 Å². The first-order valence-corrected chi connectivity index (χ1v) is 5.96. The number of halogens is 2. The number of benzene rings is 1. The van der Waals surface area contributed by atoms with Crippen LogP contribution in [0.25, 0.3) is 0 Å². The van der Waals surface area contributed by atoms with Crippen LogP contribution in [0.1, 0.15) is 11.4 Å². The van der Waals surface area contributed by atoms with Crippen molar-refractivity contribution in [2.75, 3.05) is 5.73 Å². The van der Waals surface area contributed by atoms with Gasteiger partial charge >= 0.3 is 0 Å². The molecule has 1 aromatic carbocycles. The zero-order valence-corrected chi connectivity index (χ0v) is 11.4. The Morgan fingerprint density at radius 2 is 1.89 bits per heavy atom. The van der Waals surface area contributed by atoms with Crippen molar-refractivity contribution in [3.63, 3.8) is 0 Å². The van der Waals surface area contributed by atoms with Gasteiger partial charge in [-0.3, -0.25) is 0 Å². The Hall–Kier alpha value is -1.52. The average Bonchev–Trinajstić information content (AvgIpc) is 2.30. The van der Waals surface area contributed by atoms with Gasteiger partial charge in [0, 0.05) is 5.02 Å². The SMILES string of the molecule is Cc1nc(Cl)c(N)c(Oc2ccc(Cl)c(C)c2)n1. The molecule has 4 nitrogen and oxygen atoms in total. The van der Waals surface area contributed by atoms with E-state index in [-0.39, 0.29) is 16.7 Å². The molecular formula is C12H11Cl2N3O. The standard InChI is InChI=1S/C12H11Cl2N3O/c1-6-5-8(3-4-9(6)13)18-12-10(15)11(14)16-7(2)17-12/h3-5H,15H2,1-2H3. The predicted molar refractivity (Wildman–Crippen MR) is 72.5 cm³/mol. The summed E-state index contributed by atoms with van der Waals surface area (Å²) in [6.45, 7) is 3.60. The maximum Gasteiger partial charge on any atom is 0.247 e. The molecule has 94 valence electrons. The Kier molecular flexibility index (Phi) is 3.59. The van der Waals surface area contributed by atoms with Gasteiger partial charge in [-0.25, -0.2) is 4.98 Å². The summed E-state index contributed by atoms with van der Waals surface area (Å²) in [5.41, 5.74) is 6.88. The van der Waals surface area contributed by atoms with E-state index in [1.807, 2.05) is 6.92 Å². The highest BCUT2D eigenvalue weighted by molar-refractivity contribution is 6.32. The van der Waals surface area contributed by atoms with E-state index in [0.717, 1.165) is 5.56 Å². The molecule has 0 atom stereocenters. The van der Waals surface area contributed by atoms with Crippen molar-refractivity contribution in [3.05, 3.63) is 39.8 Å². The zero-order valence-electron chi connectivity index (χ0n) is 9.87. The van der Waals surface area contributed by atoms with Crippen molar-refractivity contribution in [1.82, 2.24) is 9.97 Å². The second-order valence-electron chi connectivity index (χ2n) is 3.79.